The van der Waals surface area contributed by atoms with Crippen LogP contribution in [0.4, 0.5) is 0 Å². The van der Waals surface area contributed by atoms with E-state index in [2.05, 4.69) is 18.7 Å². The number of fused-ring (bicyclic) bond motifs is 1. The first-order valence-corrected chi connectivity index (χ1v) is 5.98. The molecule has 0 aliphatic carbocycles. The number of carbonyl (C=O) groups is 1. The van der Waals surface area contributed by atoms with E-state index in [4.69, 9.17) is 4.74 Å². The Balaban J connectivity index is 2.31. The van der Waals surface area contributed by atoms with Crippen molar-refractivity contribution < 1.29 is 9.53 Å². The van der Waals surface area contributed by atoms with Crippen LogP contribution in [-0.2, 0) is 0 Å². The first-order chi connectivity index (χ1) is 8.26. The van der Waals surface area contributed by atoms with Gasteiger partial charge in [-0.05, 0) is 26.0 Å². The van der Waals surface area contributed by atoms with Crippen molar-refractivity contribution in [3.63, 3.8) is 0 Å². The molecule has 0 aromatic heterocycles. The molecule has 0 amide bonds. The number of rotatable bonds is 3. The molecule has 0 unspecified atom stereocenters. The number of para-hydroxylation sites is 1. The topological polar surface area (TPSA) is 29.5 Å². The lowest BCUT2D eigenvalue weighted by Crippen LogP contribution is -2.25. The van der Waals surface area contributed by atoms with Crippen LogP contribution in [0.15, 0.2) is 36.0 Å². The summed E-state index contributed by atoms with van der Waals surface area (Å²) in [5.74, 6) is 0.705. The van der Waals surface area contributed by atoms with Gasteiger partial charge in [-0.3, -0.25) is 4.79 Å². The van der Waals surface area contributed by atoms with Gasteiger partial charge in [-0.15, -0.1) is 0 Å². The van der Waals surface area contributed by atoms with E-state index < -0.39 is 0 Å². The number of ketones is 1. The van der Waals surface area contributed by atoms with Crippen LogP contribution in [0.2, 0.25) is 0 Å². The molecule has 0 N–H and O–H groups in total. The fourth-order valence-corrected chi connectivity index (χ4v) is 2.03. The van der Waals surface area contributed by atoms with Gasteiger partial charge in [-0.1, -0.05) is 12.1 Å². The zero-order chi connectivity index (χ0) is 12.3. The summed E-state index contributed by atoms with van der Waals surface area (Å²) in [4.78, 5) is 14.2. The molecule has 1 aromatic carbocycles. The van der Waals surface area contributed by atoms with E-state index in [0.29, 0.717) is 17.9 Å². The highest BCUT2D eigenvalue weighted by molar-refractivity contribution is 6.07. The quantitative estimate of drug-likeness (QED) is 0.800. The maximum Gasteiger partial charge on any atom is 0.191 e. The second-order valence-corrected chi connectivity index (χ2v) is 3.96. The lowest BCUT2D eigenvalue weighted by Gasteiger charge is -2.23. The van der Waals surface area contributed by atoms with Gasteiger partial charge in [0.2, 0.25) is 0 Å². The van der Waals surface area contributed by atoms with Gasteiger partial charge in [-0.25, -0.2) is 0 Å². The molecule has 0 saturated heterocycles. The summed E-state index contributed by atoms with van der Waals surface area (Å²) in [5.41, 5.74) is 1.60. The predicted molar refractivity (Wildman–Crippen MR) is 67.3 cm³/mol. The first-order valence-electron chi connectivity index (χ1n) is 5.98. The van der Waals surface area contributed by atoms with Crippen molar-refractivity contribution in [3.8, 4) is 5.75 Å². The van der Waals surface area contributed by atoms with E-state index in [0.717, 1.165) is 18.8 Å². The third-order valence-corrected chi connectivity index (χ3v) is 3.00. The summed E-state index contributed by atoms with van der Waals surface area (Å²) in [6, 6.07) is 7.39. The smallest absolute Gasteiger partial charge is 0.191 e. The van der Waals surface area contributed by atoms with Crippen LogP contribution in [0.5, 0.6) is 5.75 Å². The minimum Gasteiger partial charge on any atom is -0.487 e. The van der Waals surface area contributed by atoms with Crippen LogP contribution in [0.3, 0.4) is 0 Å². The van der Waals surface area contributed by atoms with Crippen molar-refractivity contribution in [2.24, 2.45) is 0 Å². The van der Waals surface area contributed by atoms with Crippen molar-refractivity contribution in [1.82, 2.24) is 4.90 Å². The number of hydrogen-bond donors (Lipinski definition) is 0. The molecule has 0 bridgehead atoms. The number of nitrogens with zero attached hydrogens (tertiary/aromatic N) is 1. The summed E-state index contributed by atoms with van der Waals surface area (Å²) >= 11 is 0. The Morgan fingerprint density at radius 3 is 2.65 bits per heavy atom. The maximum absolute atomic E-state index is 12.1. The van der Waals surface area contributed by atoms with Gasteiger partial charge in [-0.2, -0.15) is 0 Å². The van der Waals surface area contributed by atoms with Crippen LogP contribution in [0, 0.1) is 0 Å². The van der Waals surface area contributed by atoms with Crippen molar-refractivity contribution in [2.45, 2.75) is 13.8 Å². The maximum atomic E-state index is 12.1. The Morgan fingerprint density at radius 2 is 1.94 bits per heavy atom. The highest BCUT2D eigenvalue weighted by Gasteiger charge is 2.18. The fraction of sp³-hybridized carbons (Fsp3) is 0.357. The molecule has 17 heavy (non-hydrogen) atoms. The molecule has 1 aliphatic rings. The summed E-state index contributed by atoms with van der Waals surface area (Å²) in [6.07, 6.45) is 1.69. The van der Waals surface area contributed by atoms with E-state index >= 15 is 0 Å². The number of benzene rings is 1. The Labute approximate surface area is 102 Å². The van der Waals surface area contributed by atoms with Gasteiger partial charge in [0.1, 0.15) is 12.4 Å². The Bertz CT molecular complexity index is 447. The molecule has 1 heterocycles. The van der Waals surface area contributed by atoms with Crippen molar-refractivity contribution in [3.05, 3.63) is 41.6 Å². The average Bonchev–Trinajstić information content (AvgIpc) is 2.52. The van der Waals surface area contributed by atoms with E-state index in [1.54, 1.807) is 12.1 Å². The third-order valence-electron chi connectivity index (χ3n) is 3.00. The summed E-state index contributed by atoms with van der Waals surface area (Å²) in [7, 11) is 0. The van der Waals surface area contributed by atoms with Gasteiger partial charge in [0, 0.05) is 19.2 Å². The van der Waals surface area contributed by atoms with Gasteiger partial charge in [0.15, 0.2) is 5.78 Å². The van der Waals surface area contributed by atoms with Crippen LogP contribution < -0.4 is 4.74 Å². The minimum absolute atomic E-state index is 0.0278. The Kier molecular flexibility index (Phi) is 3.47. The normalized spacial score (nSPS) is 14.5. The Morgan fingerprint density at radius 1 is 1.24 bits per heavy atom. The molecule has 0 fully saturated rings. The molecule has 1 aliphatic heterocycles. The molecule has 0 radical (unpaired) electrons. The van der Waals surface area contributed by atoms with Crippen LogP contribution >= 0.6 is 0 Å². The zero-order valence-corrected chi connectivity index (χ0v) is 10.3. The van der Waals surface area contributed by atoms with E-state index in [1.165, 1.54) is 0 Å². The number of ether oxygens (including phenoxy) is 1. The molecule has 0 atom stereocenters. The van der Waals surface area contributed by atoms with E-state index in [1.807, 2.05) is 18.2 Å². The predicted octanol–water partition coefficient (Wildman–Crippen LogP) is 2.49. The van der Waals surface area contributed by atoms with Crippen LogP contribution in [-0.4, -0.2) is 30.4 Å². The molecule has 1 aromatic rings. The molecule has 3 nitrogen and oxygen atoms in total. The lowest BCUT2D eigenvalue weighted by atomic mass is 10.1. The number of carbonyl (C=O) groups excluding carboxylic acids is 1. The van der Waals surface area contributed by atoms with Gasteiger partial charge < -0.3 is 9.64 Å². The van der Waals surface area contributed by atoms with E-state index in [9.17, 15) is 4.79 Å². The summed E-state index contributed by atoms with van der Waals surface area (Å²) in [5, 5.41) is 0. The standard InChI is InChI=1S/C14H17NO2/c1-3-15(4-2)11-9-13(16)12-7-5-6-8-14(12)17-10-11/h5-9H,3-4,10H2,1-2H3. The van der Waals surface area contributed by atoms with Gasteiger partial charge in [0.25, 0.3) is 0 Å². The van der Waals surface area contributed by atoms with Gasteiger partial charge >= 0.3 is 0 Å². The zero-order valence-electron chi connectivity index (χ0n) is 10.3. The average molecular weight is 231 g/mol. The number of likely N-dealkylation sites (N-methyl/N-ethyl adjacent to an activating group) is 1. The summed E-state index contributed by atoms with van der Waals surface area (Å²) in [6.45, 7) is 6.38. The van der Waals surface area contributed by atoms with E-state index in [-0.39, 0.29) is 5.78 Å². The third kappa shape index (κ3) is 2.33. The monoisotopic (exact) mass is 231 g/mol. The molecule has 2 rings (SSSR count). The van der Waals surface area contributed by atoms with Gasteiger partial charge in [0.05, 0.1) is 11.3 Å². The molecular formula is C14H17NO2. The number of hydrogen-bond acceptors (Lipinski definition) is 3. The van der Waals surface area contributed by atoms with Crippen molar-refractivity contribution in [2.75, 3.05) is 19.7 Å². The van der Waals surface area contributed by atoms with Crippen LogP contribution in [0.25, 0.3) is 0 Å². The lowest BCUT2D eigenvalue weighted by molar-refractivity contribution is 0.104. The SMILES string of the molecule is CCN(CC)C1=CC(=O)c2ccccc2OC1. The molecule has 0 saturated carbocycles. The fourth-order valence-electron chi connectivity index (χ4n) is 2.03. The molecule has 3 heteroatoms. The highest BCUT2D eigenvalue weighted by atomic mass is 16.5. The minimum atomic E-state index is 0.0278. The van der Waals surface area contributed by atoms with Crippen molar-refractivity contribution >= 4 is 5.78 Å². The first kappa shape index (κ1) is 11.7. The van der Waals surface area contributed by atoms with Crippen molar-refractivity contribution in [1.29, 1.82) is 0 Å². The number of allylic oxidation sites excluding steroid dienone is 1. The second kappa shape index (κ2) is 5.04. The molecular weight excluding hydrogens is 214 g/mol. The Hall–Kier alpha value is -1.77. The summed E-state index contributed by atoms with van der Waals surface area (Å²) < 4.78 is 5.69. The second-order valence-electron chi connectivity index (χ2n) is 3.96. The largest absolute Gasteiger partial charge is 0.487 e. The molecule has 90 valence electrons. The highest BCUT2D eigenvalue weighted by Crippen LogP contribution is 2.23. The molecule has 0 spiro atoms. The van der Waals surface area contributed by atoms with Crippen LogP contribution in [0.1, 0.15) is 24.2 Å².